The molecule has 0 bridgehead atoms. The molecule has 2 N–H and O–H groups in total. The second-order valence-electron chi connectivity index (χ2n) is 5.64. The van der Waals surface area contributed by atoms with Crippen molar-refractivity contribution in [2.45, 2.75) is 52.2 Å². The first-order valence-electron chi connectivity index (χ1n) is 6.65. The minimum absolute atomic E-state index is 0.0313. The van der Waals surface area contributed by atoms with Crippen LogP contribution >= 0.6 is 0 Å². The number of hydrogen-bond donors (Lipinski definition) is 2. The summed E-state index contributed by atoms with van der Waals surface area (Å²) in [6.07, 6.45) is 6.58. The fourth-order valence-electron chi connectivity index (χ4n) is 1.84. The molecule has 19 heavy (non-hydrogen) atoms. The number of nitrogens with zero attached hydrogens (tertiary/aromatic N) is 4. The van der Waals surface area contributed by atoms with E-state index in [-0.39, 0.29) is 11.6 Å². The molecule has 6 nitrogen and oxygen atoms in total. The zero-order valence-corrected chi connectivity index (χ0v) is 12.0. The molecule has 0 aliphatic carbocycles. The second kappa shape index (κ2) is 5.52. The maximum Gasteiger partial charge on any atom is 0.123 e. The minimum Gasteiger partial charge on any atom is -0.347 e. The molecule has 0 amide bonds. The number of hydrogen-bond acceptors (Lipinski definition) is 4. The summed E-state index contributed by atoms with van der Waals surface area (Å²) in [5.41, 5.74) is 0.913. The largest absolute Gasteiger partial charge is 0.347 e. The summed E-state index contributed by atoms with van der Waals surface area (Å²) in [4.78, 5) is 7.42. The van der Waals surface area contributed by atoms with Gasteiger partial charge in [0, 0.05) is 18.9 Å². The van der Waals surface area contributed by atoms with Crippen LogP contribution in [0.5, 0.6) is 0 Å². The molecule has 0 aliphatic heterocycles. The predicted octanol–water partition coefficient (Wildman–Crippen LogP) is 2.00. The van der Waals surface area contributed by atoms with Crippen molar-refractivity contribution in [3.63, 3.8) is 0 Å². The second-order valence-corrected chi connectivity index (χ2v) is 5.64. The van der Waals surface area contributed by atoms with Crippen LogP contribution in [0.25, 0.3) is 0 Å². The Morgan fingerprint density at radius 1 is 1.42 bits per heavy atom. The zero-order chi connectivity index (χ0) is 13.9. The van der Waals surface area contributed by atoms with E-state index < -0.39 is 0 Å². The summed E-state index contributed by atoms with van der Waals surface area (Å²) >= 11 is 0. The van der Waals surface area contributed by atoms with Crippen LogP contribution in [0, 0.1) is 0 Å². The first-order valence-corrected chi connectivity index (χ1v) is 6.65. The maximum absolute atomic E-state index is 4.28. The van der Waals surface area contributed by atoms with Crippen molar-refractivity contribution in [1.82, 2.24) is 30.3 Å². The van der Waals surface area contributed by atoms with E-state index in [1.165, 1.54) is 0 Å². The lowest BCUT2D eigenvalue weighted by Gasteiger charge is -2.17. The molecule has 0 aromatic carbocycles. The Labute approximate surface area is 113 Å². The molecule has 0 fully saturated rings. The highest BCUT2D eigenvalue weighted by molar-refractivity contribution is 4.99. The zero-order valence-electron chi connectivity index (χ0n) is 12.0. The maximum atomic E-state index is 4.28. The van der Waals surface area contributed by atoms with E-state index in [1.54, 1.807) is 6.20 Å². The van der Waals surface area contributed by atoms with Gasteiger partial charge in [-0.15, -0.1) is 5.10 Å². The van der Waals surface area contributed by atoms with Gasteiger partial charge in [0.2, 0.25) is 0 Å². The van der Waals surface area contributed by atoms with Crippen molar-refractivity contribution in [3.05, 3.63) is 30.1 Å². The van der Waals surface area contributed by atoms with Gasteiger partial charge in [0.15, 0.2) is 0 Å². The molecule has 0 saturated heterocycles. The van der Waals surface area contributed by atoms with Crippen molar-refractivity contribution in [3.8, 4) is 0 Å². The third-order valence-corrected chi connectivity index (χ3v) is 3.02. The third-order valence-electron chi connectivity index (χ3n) is 3.02. The van der Waals surface area contributed by atoms with Crippen LogP contribution in [0.1, 0.15) is 51.7 Å². The predicted molar refractivity (Wildman–Crippen MR) is 73.5 cm³/mol. The standard InChI is InChI=1S/C13H22N6/c1-5-11(12-14-6-7-15-12)16-8-10-9-19(18-17-10)13(2,3)4/h6-7,9,11,16H,5,8H2,1-4H3,(H,14,15). The molecule has 0 saturated carbocycles. The number of nitrogens with one attached hydrogen (secondary N) is 2. The smallest absolute Gasteiger partial charge is 0.123 e. The summed E-state index contributed by atoms with van der Waals surface area (Å²) in [6.45, 7) is 9.14. The van der Waals surface area contributed by atoms with Gasteiger partial charge in [-0.25, -0.2) is 9.67 Å². The summed E-state index contributed by atoms with van der Waals surface area (Å²) in [5, 5.41) is 11.8. The van der Waals surface area contributed by atoms with Crippen LogP contribution in [0.15, 0.2) is 18.6 Å². The van der Waals surface area contributed by atoms with Crippen molar-refractivity contribution in [2.24, 2.45) is 0 Å². The monoisotopic (exact) mass is 262 g/mol. The van der Waals surface area contributed by atoms with Gasteiger partial charge in [-0.3, -0.25) is 0 Å². The first-order chi connectivity index (χ1) is 9.00. The van der Waals surface area contributed by atoms with Gasteiger partial charge in [-0.1, -0.05) is 12.1 Å². The molecule has 2 rings (SSSR count). The third kappa shape index (κ3) is 3.41. The normalized spacial score (nSPS) is 13.7. The number of imidazole rings is 1. The fourth-order valence-corrected chi connectivity index (χ4v) is 1.84. The van der Waals surface area contributed by atoms with Gasteiger partial charge in [-0.05, 0) is 27.2 Å². The summed E-state index contributed by atoms with van der Waals surface area (Å²) < 4.78 is 1.89. The van der Waals surface area contributed by atoms with E-state index in [0.29, 0.717) is 6.54 Å². The van der Waals surface area contributed by atoms with E-state index in [4.69, 9.17) is 0 Å². The SMILES string of the molecule is CCC(NCc1cn(C(C)(C)C)nn1)c1ncc[nH]1. The van der Waals surface area contributed by atoms with Crippen molar-refractivity contribution >= 4 is 0 Å². The molecule has 0 aliphatic rings. The quantitative estimate of drug-likeness (QED) is 0.864. The molecule has 0 spiro atoms. The van der Waals surface area contributed by atoms with Crippen LogP contribution in [-0.2, 0) is 12.1 Å². The average Bonchev–Trinajstić information content (AvgIpc) is 2.99. The van der Waals surface area contributed by atoms with Crippen molar-refractivity contribution in [1.29, 1.82) is 0 Å². The topological polar surface area (TPSA) is 71.4 Å². The highest BCUT2D eigenvalue weighted by Gasteiger charge is 2.16. The Kier molecular flexibility index (Phi) is 3.99. The molecule has 1 atom stereocenters. The van der Waals surface area contributed by atoms with Gasteiger partial charge < -0.3 is 10.3 Å². The molecule has 1 unspecified atom stereocenters. The van der Waals surface area contributed by atoms with E-state index in [0.717, 1.165) is 17.9 Å². The first kappa shape index (κ1) is 13.7. The highest BCUT2D eigenvalue weighted by Crippen LogP contribution is 2.14. The molecular formula is C13H22N6. The Morgan fingerprint density at radius 3 is 2.74 bits per heavy atom. The number of aromatic nitrogens is 5. The van der Waals surface area contributed by atoms with Crippen LogP contribution in [-0.4, -0.2) is 25.0 Å². The Bertz CT molecular complexity index is 493. The molecule has 0 radical (unpaired) electrons. The lowest BCUT2D eigenvalue weighted by molar-refractivity contribution is 0.346. The van der Waals surface area contributed by atoms with E-state index >= 15 is 0 Å². The summed E-state index contributed by atoms with van der Waals surface area (Å²) in [7, 11) is 0. The van der Waals surface area contributed by atoms with Gasteiger partial charge in [0.05, 0.1) is 23.5 Å². The molecule has 2 aromatic rings. The molecule has 104 valence electrons. The number of rotatable bonds is 5. The van der Waals surface area contributed by atoms with Crippen molar-refractivity contribution < 1.29 is 0 Å². The molecule has 6 heteroatoms. The minimum atomic E-state index is -0.0313. The Hall–Kier alpha value is -1.69. The molecule has 2 heterocycles. The summed E-state index contributed by atoms with van der Waals surface area (Å²) in [6, 6.07) is 0.217. The van der Waals surface area contributed by atoms with Crippen LogP contribution in [0.2, 0.25) is 0 Å². The Balaban J connectivity index is 1.96. The van der Waals surface area contributed by atoms with Gasteiger partial charge >= 0.3 is 0 Å². The lowest BCUT2D eigenvalue weighted by Crippen LogP contribution is -2.23. The summed E-state index contributed by atoms with van der Waals surface area (Å²) in [5.74, 6) is 0.964. The highest BCUT2D eigenvalue weighted by atomic mass is 15.4. The van der Waals surface area contributed by atoms with E-state index in [1.807, 2.05) is 17.1 Å². The average molecular weight is 262 g/mol. The number of H-pyrrole nitrogens is 1. The van der Waals surface area contributed by atoms with Gasteiger partial charge in [0.1, 0.15) is 5.82 Å². The number of aromatic amines is 1. The van der Waals surface area contributed by atoms with E-state index in [9.17, 15) is 0 Å². The van der Waals surface area contributed by atoms with E-state index in [2.05, 4.69) is 53.3 Å². The van der Waals surface area contributed by atoms with Gasteiger partial charge in [-0.2, -0.15) is 0 Å². The lowest BCUT2D eigenvalue weighted by atomic mass is 10.1. The Morgan fingerprint density at radius 2 is 2.21 bits per heavy atom. The van der Waals surface area contributed by atoms with Crippen molar-refractivity contribution in [2.75, 3.05) is 0 Å². The molecule has 2 aromatic heterocycles. The molecular weight excluding hydrogens is 240 g/mol. The van der Waals surface area contributed by atoms with Crippen LogP contribution in [0.3, 0.4) is 0 Å². The van der Waals surface area contributed by atoms with Gasteiger partial charge in [0.25, 0.3) is 0 Å². The fraction of sp³-hybridized carbons (Fsp3) is 0.615. The van der Waals surface area contributed by atoms with Crippen LogP contribution in [0.4, 0.5) is 0 Å². The van der Waals surface area contributed by atoms with Crippen LogP contribution < -0.4 is 5.32 Å².